The molecule has 0 heterocycles. The summed E-state index contributed by atoms with van der Waals surface area (Å²) in [6, 6.07) is 4.41. The average molecular weight is 364 g/mol. The van der Waals surface area contributed by atoms with Crippen LogP contribution in [0.1, 0.15) is 31.1 Å². The molecule has 0 aliphatic heterocycles. The van der Waals surface area contributed by atoms with Crippen LogP contribution in [0.5, 0.6) is 5.75 Å². The number of benzene rings is 1. The lowest BCUT2D eigenvalue weighted by Gasteiger charge is -2.19. The van der Waals surface area contributed by atoms with E-state index in [0.717, 1.165) is 0 Å². The summed E-state index contributed by atoms with van der Waals surface area (Å²) in [7, 11) is -3.26. The third-order valence-electron chi connectivity index (χ3n) is 2.80. The molecular weight excluding hydrogens is 346 g/mol. The summed E-state index contributed by atoms with van der Waals surface area (Å²) in [5, 5.41) is 12.0. The first kappa shape index (κ1) is 17.0. The maximum absolute atomic E-state index is 11.9. The van der Waals surface area contributed by atoms with E-state index < -0.39 is 20.5 Å². The molecule has 5 nitrogen and oxygen atoms in total. The Morgan fingerprint density at radius 3 is 2.45 bits per heavy atom. The molecular formula is C13H18BrNO4S. The van der Waals surface area contributed by atoms with Crippen LogP contribution in [0.2, 0.25) is 0 Å². The summed E-state index contributed by atoms with van der Waals surface area (Å²) in [6.45, 7) is 4.90. The molecule has 7 heteroatoms. The van der Waals surface area contributed by atoms with Gasteiger partial charge in [-0.05, 0) is 54.9 Å². The number of phenolic OH excluding ortho intramolecular Hbond substituents is 1. The maximum Gasteiger partial charge on any atom is 0.251 e. The first-order valence-electron chi connectivity index (χ1n) is 6.03. The van der Waals surface area contributed by atoms with Crippen molar-refractivity contribution < 1.29 is 18.3 Å². The molecule has 0 aliphatic rings. The van der Waals surface area contributed by atoms with Crippen LogP contribution in [0.3, 0.4) is 0 Å². The highest BCUT2D eigenvalue weighted by Gasteiger charge is 2.28. The molecule has 0 atom stereocenters. The van der Waals surface area contributed by atoms with E-state index in [2.05, 4.69) is 21.2 Å². The van der Waals surface area contributed by atoms with E-state index in [1.165, 1.54) is 12.1 Å². The van der Waals surface area contributed by atoms with Crippen LogP contribution in [-0.4, -0.2) is 36.5 Å². The molecule has 0 spiro atoms. The van der Waals surface area contributed by atoms with Crippen LogP contribution in [0, 0.1) is 0 Å². The van der Waals surface area contributed by atoms with Gasteiger partial charge in [0.1, 0.15) is 5.75 Å². The lowest BCUT2D eigenvalue weighted by atomic mass is 10.2. The molecule has 1 rings (SSSR count). The molecule has 0 saturated carbocycles. The quantitative estimate of drug-likeness (QED) is 0.857. The lowest BCUT2D eigenvalue weighted by Crippen LogP contribution is -2.36. The van der Waals surface area contributed by atoms with Crippen molar-refractivity contribution in [2.75, 3.05) is 12.3 Å². The lowest BCUT2D eigenvalue weighted by molar-refractivity contribution is 0.0955. The number of nitrogens with one attached hydrogen (secondary N) is 1. The third kappa shape index (κ3) is 4.21. The SMILES string of the molecule is CC(C)(C)S(=O)(=O)CCNC(=O)c1ccc(Br)c(O)c1. The van der Waals surface area contributed by atoms with Gasteiger partial charge >= 0.3 is 0 Å². The highest BCUT2D eigenvalue weighted by atomic mass is 79.9. The number of hydrogen-bond acceptors (Lipinski definition) is 4. The van der Waals surface area contributed by atoms with E-state index in [-0.39, 0.29) is 23.6 Å². The number of carbonyl (C=O) groups is 1. The monoisotopic (exact) mass is 363 g/mol. The van der Waals surface area contributed by atoms with Gasteiger partial charge in [-0.25, -0.2) is 8.42 Å². The Labute approximate surface area is 127 Å². The van der Waals surface area contributed by atoms with Crippen LogP contribution in [0.4, 0.5) is 0 Å². The zero-order chi connectivity index (χ0) is 15.6. The second kappa shape index (κ2) is 6.13. The molecule has 112 valence electrons. The van der Waals surface area contributed by atoms with Crippen LogP contribution >= 0.6 is 15.9 Å². The molecule has 0 fully saturated rings. The van der Waals surface area contributed by atoms with Crippen molar-refractivity contribution in [2.24, 2.45) is 0 Å². The van der Waals surface area contributed by atoms with Gasteiger partial charge in [-0.1, -0.05) is 0 Å². The number of hydrogen-bond donors (Lipinski definition) is 2. The van der Waals surface area contributed by atoms with Crippen molar-refractivity contribution in [2.45, 2.75) is 25.5 Å². The minimum Gasteiger partial charge on any atom is -0.507 e. The Hall–Kier alpha value is -1.08. The summed E-state index contributed by atoms with van der Waals surface area (Å²) in [5.41, 5.74) is 0.277. The molecule has 1 aromatic rings. The fourth-order valence-electron chi connectivity index (χ4n) is 1.36. The van der Waals surface area contributed by atoms with E-state index in [1.54, 1.807) is 26.8 Å². The Balaban J connectivity index is 2.63. The fourth-order valence-corrected chi connectivity index (χ4v) is 2.59. The normalized spacial score (nSPS) is 12.2. The van der Waals surface area contributed by atoms with Gasteiger partial charge in [0, 0.05) is 12.1 Å². The van der Waals surface area contributed by atoms with E-state index in [9.17, 15) is 18.3 Å². The smallest absolute Gasteiger partial charge is 0.251 e. The first-order chi connectivity index (χ1) is 9.04. The molecule has 2 N–H and O–H groups in total. The Bertz CT molecular complexity index is 605. The van der Waals surface area contributed by atoms with Crippen molar-refractivity contribution >= 4 is 31.7 Å². The third-order valence-corrected chi connectivity index (χ3v) is 6.08. The fraction of sp³-hybridized carbons (Fsp3) is 0.462. The molecule has 0 saturated heterocycles. The minimum absolute atomic E-state index is 0.0370. The van der Waals surface area contributed by atoms with Crippen molar-refractivity contribution in [1.82, 2.24) is 5.32 Å². The Kier molecular flexibility index (Phi) is 5.21. The molecule has 0 unspecified atom stereocenters. The highest BCUT2D eigenvalue weighted by Crippen LogP contribution is 2.24. The second-order valence-electron chi connectivity index (χ2n) is 5.35. The van der Waals surface area contributed by atoms with Crippen LogP contribution in [0.25, 0.3) is 0 Å². The van der Waals surface area contributed by atoms with Gasteiger partial charge in [0.15, 0.2) is 9.84 Å². The van der Waals surface area contributed by atoms with Gasteiger partial charge < -0.3 is 10.4 Å². The van der Waals surface area contributed by atoms with E-state index >= 15 is 0 Å². The number of carbonyl (C=O) groups excluding carboxylic acids is 1. The van der Waals surface area contributed by atoms with Crippen molar-refractivity contribution in [3.05, 3.63) is 28.2 Å². The molecule has 0 aliphatic carbocycles. The number of halogens is 1. The molecule has 0 radical (unpaired) electrons. The highest BCUT2D eigenvalue weighted by molar-refractivity contribution is 9.10. The minimum atomic E-state index is -3.26. The predicted octanol–water partition coefficient (Wildman–Crippen LogP) is 2.10. The van der Waals surface area contributed by atoms with Crippen molar-refractivity contribution in [3.63, 3.8) is 0 Å². The van der Waals surface area contributed by atoms with Gasteiger partial charge in [-0.3, -0.25) is 4.79 Å². The Morgan fingerprint density at radius 1 is 1.35 bits per heavy atom. The number of amides is 1. The molecule has 1 amide bonds. The summed E-state index contributed by atoms with van der Waals surface area (Å²) in [6.07, 6.45) is 0. The summed E-state index contributed by atoms with van der Waals surface area (Å²) >= 11 is 3.12. The number of rotatable bonds is 4. The van der Waals surface area contributed by atoms with E-state index in [1.807, 2.05) is 0 Å². The molecule has 20 heavy (non-hydrogen) atoms. The summed E-state index contributed by atoms with van der Waals surface area (Å²) < 4.78 is 23.4. The standard InChI is InChI=1S/C13H18BrNO4S/c1-13(2,3)20(18,19)7-6-15-12(17)9-4-5-10(14)11(16)8-9/h4-5,8,16H,6-7H2,1-3H3,(H,15,17). The molecule has 1 aromatic carbocycles. The van der Waals surface area contributed by atoms with Crippen molar-refractivity contribution in [1.29, 1.82) is 0 Å². The Morgan fingerprint density at radius 2 is 1.95 bits per heavy atom. The van der Waals surface area contributed by atoms with Crippen LogP contribution < -0.4 is 5.32 Å². The second-order valence-corrected chi connectivity index (χ2v) is 9.07. The molecule has 0 bridgehead atoms. The maximum atomic E-state index is 11.9. The van der Waals surface area contributed by atoms with Crippen molar-refractivity contribution in [3.8, 4) is 5.75 Å². The number of aromatic hydroxyl groups is 1. The van der Waals surface area contributed by atoms with Crippen LogP contribution in [-0.2, 0) is 9.84 Å². The van der Waals surface area contributed by atoms with Gasteiger partial charge in [0.2, 0.25) is 0 Å². The largest absolute Gasteiger partial charge is 0.507 e. The van der Waals surface area contributed by atoms with E-state index in [4.69, 9.17) is 0 Å². The molecule has 0 aromatic heterocycles. The van der Waals surface area contributed by atoms with Gasteiger partial charge in [-0.2, -0.15) is 0 Å². The van der Waals surface area contributed by atoms with Gasteiger partial charge in [0.05, 0.1) is 15.0 Å². The number of sulfone groups is 1. The summed E-state index contributed by atoms with van der Waals surface area (Å²) in [4.78, 5) is 11.8. The zero-order valence-electron chi connectivity index (χ0n) is 11.6. The number of phenols is 1. The van der Waals surface area contributed by atoms with Gasteiger partial charge in [0.25, 0.3) is 5.91 Å². The van der Waals surface area contributed by atoms with Gasteiger partial charge in [-0.15, -0.1) is 0 Å². The predicted molar refractivity (Wildman–Crippen MR) is 81.7 cm³/mol. The van der Waals surface area contributed by atoms with Crippen LogP contribution in [0.15, 0.2) is 22.7 Å². The zero-order valence-corrected chi connectivity index (χ0v) is 14.0. The average Bonchev–Trinajstić information content (AvgIpc) is 2.30. The van der Waals surface area contributed by atoms with E-state index in [0.29, 0.717) is 4.47 Å². The topological polar surface area (TPSA) is 83.5 Å². The first-order valence-corrected chi connectivity index (χ1v) is 8.48. The summed E-state index contributed by atoms with van der Waals surface area (Å²) in [5.74, 6) is -0.582.